The van der Waals surface area contributed by atoms with Gasteiger partial charge in [-0.1, -0.05) is 25.1 Å². The lowest BCUT2D eigenvalue weighted by molar-refractivity contribution is -0.155. The van der Waals surface area contributed by atoms with Gasteiger partial charge >= 0.3 is 5.97 Å². The number of amides is 1. The molecule has 26 heavy (non-hydrogen) atoms. The van der Waals surface area contributed by atoms with E-state index in [1.807, 2.05) is 56.3 Å². The number of carbonyl (C=O) groups excluding carboxylic acids is 2. The largest absolute Gasteiger partial charge is 0.482 e. The monoisotopic (exact) mass is 355 g/mol. The van der Waals surface area contributed by atoms with E-state index in [2.05, 4.69) is 12.2 Å². The Bertz CT molecular complexity index is 748. The summed E-state index contributed by atoms with van der Waals surface area (Å²) in [6.07, 6.45) is 0.0269. The van der Waals surface area contributed by atoms with E-state index in [0.717, 1.165) is 17.5 Å². The first-order valence-corrected chi connectivity index (χ1v) is 8.67. The Kier molecular flexibility index (Phi) is 6.78. The molecule has 0 aliphatic rings. The Morgan fingerprint density at radius 3 is 2.23 bits per heavy atom. The minimum atomic E-state index is -0.906. The first kappa shape index (κ1) is 19.5. The third-order valence-corrected chi connectivity index (χ3v) is 3.86. The second-order valence-corrected chi connectivity index (χ2v) is 6.28. The van der Waals surface area contributed by atoms with E-state index in [0.29, 0.717) is 11.4 Å². The first-order chi connectivity index (χ1) is 12.4. The van der Waals surface area contributed by atoms with E-state index in [4.69, 9.17) is 9.47 Å². The summed E-state index contributed by atoms with van der Waals surface area (Å²) in [5, 5.41) is 2.73. The fourth-order valence-corrected chi connectivity index (χ4v) is 2.51. The molecule has 2 aromatic carbocycles. The quantitative estimate of drug-likeness (QED) is 0.767. The molecule has 0 aliphatic heterocycles. The van der Waals surface area contributed by atoms with Crippen molar-refractivity contribution in [1.82, 2.24) is 0 Å². The molecule has 0 fully saturated rings. The van der Waals surface area contributed by atoms with Gasteiger partial charge in [-0.15, -0.1) is 0 Å². The van der Waals surface area contributed by atoms with Gasteiger partial charge in [0.1, 0.15) is 5.75 Å². The van der Waals surface area contributed by atoms with Crippen molar-refractivity contribution in [2.75, 3.05) is 11.9 Å². The molecule has 1 N–H and O–H groups in total. The van der Waals surface area contributed by atoms with Gasteiger partial charge in [0.25, 0.3) is 5.91 Å². The Morgan fingerprint density at radius 2 is 1.65 bits per heavy atom. The molecule has 0 heterocycles. The van der Waals surface area contributed by atoms with E-state index >= 15 is 0 Å². The smallest absolute Gasteiger partial charge is 0.344 e. The van der Waals surface area contributed by atoms with Crippen molar-refractivity contribution in [3.63, 3.8) is 0 Å². The molecular formula is C21H25NO4. The predicted octanol–water partition coefficient (Wildman–Crippen LogP) is 3.82. The summed E-state index contributed by atoms with van der Waals surface area (Å²) in [6.45, 7) is 7.26. The topological polar surface area (TPSA) is 64.6 Å². The van der Waals surface area contributed by atoms with Gasteiger partial charge in [0.05, 0.1) is 0 Å². The molecule has 0 aliphatic carbocycles. The minimum Gasteiger partial charge on any atom is -0.482 e. The van der Waals surface area contributed by atoms with Crippen molar-refractivity contribution < 1.29 is 19.1 Å². The Labute approximate surface area is 154 Å². The molecule has 0 unspecified atom stereocenters. The van der Waals surface area contributed by atoms with Crippen molar-refractivity contribution in [2.24, 2.45) is 0 Å². The number of hydrogen-bond acceptors (Lipinski definition) is 4. The molecular weight excluding hydrogens is 330 g/mol. The number of rotatable bonds is 7. The van der Waals surface area contributed by atoms with Crippen LogP contribution in [0, 0.1) is 13.8 Å². The lowest BCUT2D eigenvalue weighted by atomic mass is 10.1. The highest BCUT2D eigenvalue weighted by molar-refractivity contribution is 5.95. The first-order valence-electron chi connectivity index (χ1n) is 8.67. The molecule has 1 amide bonds. The van der Waals surface area contributed by atoms with E-state index in [1.54, 1.807) is 0 Å². The van der Waals surface area contributed by atoms with Gasteiger partial charge in [0, 0.05) is 5.69 Å². The number of esters is 1. The van der Waals surface area contributed by atoms with E-state index in [-0.39, 0.29) is 12.5 Å². The highest BCUT2D eigenvalue weighted by atomic mass is 16.6. The average Bonchev–Trinajstić information content (AvgIpc) is 2.59. The molecule has 0 aromatic heterocycles. The fraction of sp³-hybridized carbons (Fsp3) is 0.333. The number of benzene rings is 2. The summed E-state index contributed by atoms with van der Waals surface area (Å²) in [4.78, 5) is 24.0. The summed E-state index contributed by atoms with van der Waals surface area (Å²) >= 11 is 0. The molecule has 0 bridgehead atoms. The lowest BCUT2D eigenvalue weighted by Gasteiger charge is -2.14. The van der Waals surface area contributed by atoms with Gasteiger partial charge in [-0.05, 0) is 68.1 Å². The molecule has 2 aromatic rings. The van der Waals surface area contributed by atoms with E-state index < -0.39 is 12.1 Å². The van der Waals surface area contributed by atoms with Gasteiger partial charge in [0.2, 0.25) is 0 Å². The zero-order chi connectivity index (χ0) is 19.1. The molecule has 0 spiro atoms. The fourth-order valence-electron chi connectivity index (χ4n) is 2.51. The van der Waals surface area contributed by atoms with Crippen LogP contribution < -0.4 is 10.1 Å². The van der Waals surface area contributed by atoms with Crippen molar-refractivity contribution in [2.45, 2.75) is 40.2 Å². The van der Waals surface area contributed by atoms with Crippen LogP contribution in [0.3, 0.4) is 0 Å². The van der Waals surface area contributed by atoms with Crippen LogP contribution in [0.4, 0.5) is 5.69 Å². The van der Waals surface area contributed by atoms with Crippen LogP contribution in [0.15, 0.2) is 42.5 Å². The molecule has 2 rings (SSSR count). The lowest BCUT2D eigenvalue weighted by Crippen LogP contribution is -2.31. The molecule has 0 radical (unpaired) electrons. The predicted molar refractivity (Wildman–Crippen MR) is 101 cm³/mol. The highest BCUT2D eigenvalue weighted by Crippen LogP contribution is 2.16. The number of carbonyl (C=O) groups is 2. The Balaban J connectivity index is 1.82. The SMILES string of the molecule is CCc1ccc(NC(=O)[C@@H](C)OC(=O)COc2cc(C)cc(C)c2)cc1. The Hall–Kier alpha value is -2.82. The summed E-state index contributed by atoms with van der Waals surface area (Å²) in [7, 11) is 0. The maximum Gasteiger partial charge on any atom is 0.344 e. The number of aryl methyl sites for hydroxylation is 3. The van der Waals surface area contributed by atoms with Gasteiger partial charge in [-0.25, -0.2) is 4.79 Å². The van der Waals surface area contributed by atoms with Crippen molar-refractivity contribution in [3.05, 3.63) is 59.2 Å². The van der Waals surface area contributed by atoms with Crippen molar-refractivity contribution >= 4 is 17.6 Å². The van der Waals surface area contributed by atoms with Gasteiger partial charge in [0.15, 0.2) is 12.7 Å². The van der Waals surface area contributed by atoms with E-state index in [9.17, 15) is 9.59 Å². The van der Waals surface area contributed by atoms with Crippen LogP contribution in [0.2, 0.25) is 0 Å². The van der Waals surface area contributed by atoms with Gasteiger partial charge < -0.3 is 14.8 Å². The Morgan fingerprint density at radius 1 is 1.04 bits per heavy atom. The molecule has 0 saturated heterocycles. The third-order valence-electron chi connectivity index (χ3n) is 3.86. The van der Waals surface area contributed by atoms with Gasteiger partial charge in [-0.2, -0.15) is 0 Å². The summed E-state index contributed by atoms with van der Waals surface area (Å²) < 4.78 is 10.6. The second-order valence-electron chi connectivity index (χ2n) is 6.28. The number of nitrogens with one attached hydrogen (secondary N) is 1. The zero-order valence-electron chi connectivity index (χ0n) is 15.7. The average molecular weight is 355 g/mol. The molecule has 138 valence electrons. The molecule has 5 nitrogen and oxygen atoms in total. The molecule has 0 saturated carbocycles. The third kappa shape index (κ3) is 5.92. The number of ether oxygens (including phenoxy) is 2. The van der Waals surface area contributed by atoms with Crippen LogP contribution in [0.1, 0.15) is 30.5 Å². The van der Waals surface area contributed by atoms with Crippen LogP contribution in [-0.4, -0.2) is 24.6 Å². The molecule has 5 heteroatoms. The summed E-state index contributed by atoms with van der Waals surface area (Å²) in [5.74, 6) is -0.366. The minimum absolute atomic E-state index is 0.244. The van der Waals surface area contributed by atoms with Crippen molar-refractivity contribution in [3.8, 4) is 5.75 Å². The highest BCUT2D eigenvalue weighted by Gasteiger charge is 2.18. The van der Waals surface area contributed by atoms with Gasteiger partial charge in [-0.3, -0.25) is 4.79 Å². The molecule has 1 atom stereocenters. The van der Waals surface area contributed by atoms with E-state index in [1.165, 1.54) is 12.5 Å². The van der Waals surface area contributed by atoms with Crippen LogP contribution in [-0.2, 0) is 20.7 Å². The zero-order valence-corrected chi connectivity index (χ0v) is 15.7. The van der Waals surface area contributed by atoms with Crippen LogP contribution in [0.5, 0.6) is 5.75 Å². The number of hydrogen-bond donors (Lipinski definition) is 1. The maximum absolute atomic E-state index is 12.1. The standard InChI is InChI=1S/C21H25NO4/c1-5-17-6-8-18(9-7-17)22-21(24)16(4)26-20(23)13-25-19-11-14(2)10-15(3)12-19/h6-12,16H,5,13H2,1-4H3,(H,22,24)/t16-/m1/s1. The second kappa shape index (κ2) is 9.04. The van der Waals surface area contributed by atoms with Crippen LogP contribution >= 0.6 is 0 Å². The summed E-state index contributed by atoms with van der Waals surface area (Å²) in [6, 6.07) is 13.3. The van der Waals surface area contributed by atoms with Crippen molar-refractivity contribution in [1.29, 1.82) is 0 Å². The normalized spacial score (nSPS) is 11.5. The number of anilines is 1. The summed E-state index contributed by atoms with van der Waals surface area (Å²) in [5.41, 5.74) is 3.96. The van der Waals surface area contributed by atoms with Crippen LogP contribution in [0.25, 0.3) is 0 Å². The maximum atomic E-state index is 12.1.